The number of hydrogen-bond donors (Lipinski definition) is 3. The highest BCUT2D eigenvalue weighted by Crippen LogP contribution is 2.42. The lowest BCUT2D eigenvalue weighted by Crippen LogP contribution is -2.27. The molecule has 2 unspecified atom stereocenters. The molecule has 0 aromatic heterocycles. The van der Waals surface area contributed by atoms with Crippen LogP contribution < -0.4 is 5.32 Å². The number of nitrogens with one attached hydrogen (secondary N) is 1. The van der Waals surface area contributed by atoms with Gasteiger partial charge >= 0.3 is 13.8 Å². The van der Waals surface area contributed by atoms with Crippen LogP contribution in [0.3, 0.4) is 0 Å². The van der Waals surface area contributed by atoms with Crippen molar-refractivity contribution in [3.05, 3.63) is 36.5 Å². The molecule has 0 saturated heterocycles. The Labute approximate surface area is 343 Å². The number of allylic oxidation sites excluding steroid dienone is 6. The van der Waals surface area contributed by atoms with Crippen LogP contribution in [0.2, 0.25) is 0 Å². The number of phosphoric ester groups is 1. The number of ether oxygens (including phenoxy) is 1. The predicted molar refractivity (Wildman–Crippen MR) is 234 cm³/mol. The normalized spacial score (nSPS) is 13.6. The fourth-order valence-corrected chi connectivity index (χ4v) is 7.04. The molecule has 0 aliphatic heterocycles. The molecule has 1 amide bonds. The smallest absolute Gasteiger partial charge is 0.463 e. The average molecular weight is 812 g/mol. The van der Waals surface area contributed by atoms with Crippen molar-refractivity contribution >= 4 is 19.7 Å². The Morgan fingerprint density at radius 2 is 0.964 bits per heavy atom. The Hall–Kier alpha value is -1.77. The number of hydrogen-bond acceptors (Lipinski definition) is 7. The van der Waals surface area contributed by atoms with Crippen molar-refractivity contribution in [2.75, 3.05) is 26.4 Å². The summed E-state index contributed by atoms with van der Waals surface area (Å²) < 4.78 is 26.9. The molecule has 2 atom stereocenters. The molecule has 0 aliphatic carbocycles. The summed E-state index contributed by atoms with van der Waals surface area (Å²) in [5.41, 5.74) is 0. The summed E-state index contributed by atoms with van der Waals surface area (Å²) in [6.45, 7) is 3.50. The Morgan fingerprint density at radius 1 is 0.554 bits per heavy atom. The van der Waals surface area contributed by atoms with E-state index < -0.39 is 26.5 Å². The minimum Gasteiger partial charge on any atom is -0.463 e. The van der Waals surface area contributed by atoms with Gasteiger partial charge in [0.15, 0.2) is 0 Å². The first-order valence-electron chi connectivity index (χ1n) is 23.0. The van der Waals surface area contributed by atoms with Crippen LogP contribution in [0.4, 0.5) is 0 Å². The number of carbonyl (C=O) groups excluding carboxylic acids is 2. The molecule has 328 valence electrons. The van der Waals surface area contributed by atoms with E-state index in [-0.39, 0.29) is 32.1 Å². The monoisotopic (exact) mass is 812 g/mol. The highest BCUT2D eigenvalue weighted by Gasteiger charge is 2.23. The number of carbonyl (C=O) groups is 2. The van der Waals surface area contributed by atoms with Crippen molar-refractivity contribution in [2.24, 2.45) is 0 Å². The first-order valence-corrected chi connectivity index (χ1v) is 24.5. The van der Waals surface area contributed by atoms with E-state index in [4.69, 9.17) is 13.8 Å². The van der Waals surface area contributed by atoms with Crippen LogP contribution in [0.15, 0.2) is 36.5 Å². The maximum atomic E-state index is 12.1. The van der Waals surface area contributed by atoms with Gasteiger partial charge in [0, 0.05) is 19.4 Å². The van der Waals surface area contributed by atoms with E-state index in [1.54, 1.807) is 0 Å². The van der Waals surface area contributed by atoms with Gasteiger partial charge in [-0.25, -0.2) is 4.57 Å². The summed E-state index contributed by atoms with van der Waals surface area (Å²) in [7, 11) is -4.42. The molecule has 56 heavy (non-hydrogen) atoms. The van der Waals surface area contributed by atoms with Gasteiger partial charge in [-0.1, -0.05) is 166 Å². The second-order valence-corrected chi connectivity index (χ2v) is 16.8. The molecule has 9 nitrogen and oxygen atoms in total. The minimum absolute atomic E-state index is 0.0811. The Kier molecular flexibility index (Phi) is 41.5. The Balaban J connectivity index is 3.55. The van der Waals surface area contributed by atoms with Gasteiger partial charge in [-0.15, -0.1) is 0 Å². The van der Waals surface area contributed by atoms with Crippen LogP contribution in [0.5, 0.6) is 0 Å². The Morgan fingerprint density at radius 3 is 1.45 bits per heavy atom. The molecule has 0 rings (SSSR count). The van der Waals surface area contributed by atoms with Gasteiger partial charge in [-0.3, -0.25) is 18.6 Å². The Bertz CT molecular complexity index is 1020. The van der Waals surface area contributed by atoms with Crippen molar-refractivity contribution in [1.82, 2.24) is 5.32 Å². The van der Waals surface area contributed by atoms with E-state index in [1.807, 2.05) is 0 Å². The first kappa shape index (κ1) is 54.2. The zero-order chi connectivity index (χ0) is 41.1. The average Bonchev–Trinajstić information content (AvgIpc) is 3.18. The van der Waals surface area contributed by atoms with E-state index >= 15 is 0 Å². The van der Waals surface area contributed by atoms with Crippen LogP contribution in [-0.4, -0.2) is 54.3 Å². The van der Waals surface area contributed by atoms with Crippen molar-refractivity contribution in [2.45, 2.75) is 219 Å². The van der Waals surface area contributed by atoms with E-state index in [9.17, 15) is 24.2 Å². The third-order valence-electron chi connectivity index (χ3n) is 9.79. The number of amides is 1. The second-order valence-electron chi connectivity index (χ2n) is 15.4. The highest BCUT2D eigenvalue weighted by atomic mass is 31.2. The first-order chi connectivity index (χ1) is 27.3. The zero-order valence-corrected chi connectivity index (χ0v) is 37.0. The summed E-state index contributed by atoms with van der Waals surface area (Å²) in [5.74, 6) is -0.524. The standard InChI is InChI=1S/C46H86NO8P/c1-3-5-7-9-11-13-15-17-18-19-20-21-22-23-24-25-26-27-28-30-32-34-36-38-45(49)47-40-41-54-56(51,52)55-43-44(48)42-53-46(50)39-37-35-33-31-29-16-14-12-10-8-6-4-2/h11-14,17-18,44,48H,3-10,15-16,19-43H2,1-2H3,(H,47,49)(H,51,52)/b13-11-,14-12-,18-17-. The molecule has 0 radical (unpaired) electrons. The second kappa shape index (κ2) is 42.8. The van der Waals surface area contributed by atoms with Gasteiger partial charge in [-0.2, -0.15) is 0 Å². The molecule has 0 aliphatic rings. The van der Waals surface area contributed by atoms with Crippen LogP contribution in [-0.2, 0) is 27.9 Å². The summed E-state index contributed by atoms with van der Waals surface area (Å²) >= 11 is 0. The van der Waals surface area contributed by atoms with Crippen molar-refractivity contribution in [3.63, 3.8) is 0 Å². The molecule has 0 aromatic carbocycles. The molecular weight excluding hydrogens is 725 g/mol. The van der Waals surface area contributed by atoms with E-state index in [2.05, 4.69) is 55.6 Å². The van der Waals surface area contributed by atoms with Crippen LogP contribution in [0.1, 0.15) is 213 Å². The third-order valence-corrected chi connectivity index (χ3v) is 10.8. The van der Waals surface area contributed by atoms with Gasteiger partial charge in [0.25, 0.3) is 0 Å². The van der Waals surface area contributed by atoms with Gasteiger partial charge in [0.2, 0.25) is 5.91 Å². The van der Waals surface area contributed by atoms with E-state index in [0.29, 0.717) is 6.42 Å². The minimum atomic E-state index is -4.42. The molecule has 0 aromatic rings. The van der Waals surface area contributed by atoms with Crippen molar-refractivity contribution in [1.29, 1.82) is 0 Å². The van der Waals surface area contributed by atoms with Crippen molar-refractivity contribution < 1.29 is 37.9 Å². The SMILES string of the molecule is CCCCC/C=C\C/C=C\CCCCCCCCCCCCCCCC(=O)NCCOP(=O)(O)OCC(O)COC(=O)CCCCCCC/C=C\CCCCC. The number of rotatable bonds is 43. The zero-order valence-electron chi connectivity index (χ0n) is 36.1. The van der Waals surface area contributed by atoms with Crippen LogP contribution in [0.25, 0.3) is 0 Å². The molecule has 0 heterocycles. The molecule has 3 N–H and O–H groups in total. The summed E-state index contributed by atoms with van der Waals surface area (Å²) in [4.78, 5) is 33.9. The summed E-state index contributed by atoms with van der Waals surface area (Å²) in [5, 5.41) is 12.7. The van der Waals surface area contributed by atoms with E-state index in [0.717, 1.165) is 64.2 Å². The third kappa shape index (κ3) is 43.4. The quantitative estimate of drug-likeness (QED) is 0.0240. The van der Waals surface area contributed by atoms with Crippen molar-refractivity contribution in [3.8, 4) is 0 Å². The number of phosphoric acid groups is 1. The number of esters is 1. The largest absolute Gasteiger partial charge is 0.472 e. The summed E-state index contributed by atoms with van der Waals surface area (Å²) in [6.07, 6.45) is 48.0. The van der Waals surface area contributed by atoms with Gasteiger partial charge in [0.05, 0.1) is 13.2 Å². The molecular formula is C46H86NO8P. The number of aliphatic hydroxyl groups excluding tert-OH is 1. The highest BCUT2D eigenvalue weighted by molar-refractivity contribution is 7.47. The van der Waals surface area contributed by atoms with Crippen LogP contribution in [0, 0.1) is 0 Å². The fraction of sp³-hybridized carbons (Fsp3) is 0.826. The molecule has 0 fully saturated rings. The maximum Gasteiger partial charge on any atom is 0.472 e. The molecule has 10 heteroatoms. The number of unbranched alkanes of at least 4 members (excludes halogenated alkanes) is 24. The molecule has 0 saturated carbocycles. The van der Waals surface area contributed by atoms with E-state index in [1.165, 1.54) is 122 Å². The lowest BCUT2D eigenvalue weighted by atomic mass is 10.0. The van der Waals surface area contributed by atoms with Gasteiger partial charge < -0.3 is 20.1 Å². The topological polar surface area (TPSA) is 131 Å². The summed E-state index contributed by atoms with van der Waals surface area (Å²) in [6, 6.07) is 0. The molecule has 0 bridgehead atoms. The van der Waals surface area contributed by atoms with Gasteiger partial charge in [-0.05, 0) is 70.6 Å². The lowest BCUT2D eigenvalue weighted by Gasteiger charge is -2.15. The lowest BCUT2D eigenvalue weighted by molar-refractivity contribution is -0.147. The maximum absolute atomic E-state index is 12.1. The van der Waals surface area contributed by atoms with Gasteiger partial charge in [0.1, 0.15) is 12.7 Å². The fourth-order valence-electron chi connectivity index (χ4n) is 6.29. The number of aliphatic hydroxyl groups is 1. The van der Waals surface area contributed by atoms with Crippen LogP contribution >= 0.6 is 7.82 Å². The molecule has 0 spiro atoms. The predicted octanol–water partition coefficient (Wildman–Crippen LogP) is 12.9.